The summed E-state index contributed by atoms with van der Waals surface area (Å²) in [5, 5.41) is 5.38. The number of aromatic nitrogens is 1. The Kier molecular flexibility index (Phi) is 7.66. The molecule has 30 heavy (non-hydrogen) atoms. The largest absolute Gasteiger partial charge is 0.444 e. The summed E-state index contributed by atoms with van der Waals surface area (Å²) in [7, 11) is 0. The van der Waals surface area contributed by atoms with E-state index in [1.54, 1.807) is 33.0 Å². The predicted molar refractivity (Wildman–Crippen MR) is 118 cm³/mol. The van der Waals surface area contributed by atoms with Gasteiger partial charge in [-0.15, -0.1) is 0 Å². The van der Waals surface area contributed by atoms with E-state index in [-0.39, 0.29) is 17.6 Å². The molecule has 2 rings (SSSR count). The fourth-order valence-corrected chi connectivity index (χ4v) is 3.06. The standard InChI is InChI=1S/C21H27BrN4O4/c1-13(15-9-7-6-8-10-15)23-19(28)17-16(22)11-12-26(17)25-18(27)14(2)24-20(29)30-21(3,4)5/h6-14H,1-5H3,(H,23,28)(H,24,29)(H,25,27)/t13-,14+/m1/s1. The number of halogens is 1. The molecule has 162 valence electrons. The molecule has 0 aliphatic heterocycles. The van der Waals surface area contributed by atoms with E-state index >= 15 is 0 Å². The van der Waals surface area contributed by atoms with Gasteiger partial charge in [-0.25, -0.2) is 4.79 Å². The molecule has 2 aromatic rings. The quantitative estimate of drug-likeness (QED) is 0.588. The molecule has 0 bridgehead atoms. The van der Waals surface area contributed by atoms with Crippen molar-refractivity contribution in [1.29, 1.82) is 0 Å². The van der Waals surface area contributed by atoms with Gasteiger partial charge in [0.15, 0.2) is 0 Å². The predicted octanol–water partition coefficient (Wildman–Crippen LogP) is 3.72. The number of nitrogens with zero attached hydrogens (tertiary/aromatic N) is 1. The maximum Gasteiger partial charge on any atom is 0.408 e. The smallest absolute Gasteiger partial charge is 0.408 e. The summed E-state index contributed by atoms with van der Waals surface area (Å²) in [6.45, 7) is 8.59. The third-order valence-corrected chi connectivity index (χ3v) is 4.70. The van der Waals surface area contributed by atoms with Crippen LogP contribution < -0.4 is 16.1 Å². The number of alkyl carbamates (subject to hydrolysis) is 1. The zero-order valence-electron chi connectivity index (χ0n) is 17.7. The monoisotopic (exact) mass is 478 g/mol. The van der Waals surface area contributed by atoms with Crippen molar-refractivity contribution >= 4 is 33.8 Å². The number of carbonyl (C=O) groups excluding carboxylic acids is 3. The van der Waals surface area contributed by atoms with Crippen LogP contribution in [0, 0.1) is 0 Å². The number of amides is 3. The molecule has 1 aromatic carbocycles. The molecule has 0 saturated heterocycles. The van der Waals surface area contributed by atoms with Crippen molar-refractivity contribution in [2.24, 2.45) is 0 Å². The number of hydrogen-bond acceptors (Lipinski definition) is 4. The van der Waals surface area contributed by atoms with Crippen molar-refractivity contribution < 1.29 is 19.1 Å². The van der Waals surface area contributed by atoms with Gasteiger partial charge in [0.2, 0.25) is 0 Å². The lowest BCUT2D eigenvalue weighted by atomic mass is 10.1. The van der Waals surface area contributed by atoms with Crippen molar-refractivity contribution in [3.05, 3.63) is 58.3 Å². The van der Waals surface area contributed by atoms with E-state index in [0.717, 1.165) is 5.56 Å². The number of carbonyl (C=O) groups is 3. The van der Waals surface area contributed by atoms with Crippen LogP contribution in [0.5, 0.6) is 0 Å². The van der Waals surface area contributed by atoms with Crippen molar-refractivity contribution in [3.63, 3.8) is 0 Å². The molecule has 3 N–H and O–H groups in total. The molecule has 0 aliphatic rings. The van der Waals surface area contributed by atoms with E-state index in [1.165, 1.54) is 11.6 Å². The molecular weight excluding hydrogens is 452 g/mol. The highest BCUT2D eigenvalue weighted by Crippen LogP contribution is 2.19. The maximum absolute atomic E-state index is 12.8. The number of benzene rings is 1. The first-order valence-electron chi connectivity index (χ1n) is 9.51. The SMILES string of the molecule is C[C@H](NC(=O)OC(C)(C)C)C(=O)Nn1ccc(Br)c1C(=O)N[C@H](C)c1ccccc1. The highest BCUT2D eigenvalue weighted by atomic mass is 79.9. The molecule has 0 aliphatic carbocycles. The first kappa shape index (κ1) is 23.5. The zero-order chi connectivity index (χ0) is 22.5. The molecule has 0 unspecified atom stereocenters. The Labute approximate surface area is 184 Å². The van der Waals surface area contributed by atoms with Crippen molar-refractivity contribution in [3.8, 4) is 0 Å². The summed E-state index contributed by atoms with van der Waals surface area (Å²) >= 11 is 3.34. The van der Waals surface area contributed by atoms with E-state index in [0.29, 0.717) is 4.47 Å². The Morgan fingerprint density at radius 1 is 1.03 bits per heavy atom. The van der Waals surface area contributed by atoms with Gasteiger partial charge in [-0.1, -0.05) is 30.3 Å². The average molecular weight is 479 g/mol. The fourth-order valence-electron chi connectivity index (χ4n) is 2.58. The molecular formula is C21H27BrN4O4. The topological polar surface area (TPSA) is 101 Å². The van der Waals surface area contributed by atoms with E-state index in [2.05, 4.69) is 32.0 Å². The van der Waals surface area contributed by atoms with Crippen LogP contribution in [0.4, 0.5) is 4.79 Å². The third kappa shape index (κ3) is 6.62. The van der Waals surface area contributed by atoms with E-state index < -0.39 is 23.6 Å². The Hall–Kier alpha value is -2.81. The van der Waals surface area contributed by atoms with Crippen LogP contribution in [-0.2, 0) is 9.53 Å². The Morgan fingerprint density at radius 3 is 2.27 bits per heavy atom. The first-order valence-corrected chi connectivity index (χ1v) is 10.3. The average Bonchev–Trinajstić information content (AvgIpc) is 3.00. The van der Waals surface area contributed by atoms with E-state index in [9.17, 15) is 14.4 Å². The van der Waals surface area contributed by atoms with Gasteiger partial charge in [0.25, 0.3) is 11.8 Å². The summed E-state index contributed by atoms with van der Waals surface area (Å²) in [5.74, 6) is -0.870. The van der Waals surface area contributed by atoms with Gasteiger partial charge in [-0.2, -0.15) is 0 Å². The minimum Gasteiger partial charge on any atom is -0.444 e. The van der Waals surface area contributed by atoms with Gasteiger partial charge in [0.05, 0.1) is 10.5 Å². The second-order valence-corrected chi connectivity index (χ2v) is 8.69. The lowest BCUT2D eigenvalue weighted by molar-refractivity contribution is -0.118. The molecule has 1 aromatic heterocycles. The van der Waals surface area contributed by atoms with Gasteiger partial charge in [0.1, 0.15) is 17.3 Å². The number of nitrogens with one attached hydrogen (secondary N) is 3. The summed E-state index contributed by atoms with van der Waals surface area (Å²) in [6.07, 6.45) is 0.845. The van der Waals surface area contributed by atoms with Crippen LogP contribution in [0.1, 0.15) is 56.7 Å². The van der Waals surface area contributed by atoms with Crippen LogP contribution in [0.15, 0.2) is 47.1 Å². The normalized spacial score (nSPS) is 13.1. The second kappa shape index (κ2) is 9.80. The van der Waals surface area contributed by atoms with Gasteiger partial charge >= 0.3 is 6.09 Å². The lowest BCUT2D eigenvalue weighted by Gasteiger charge is -2.22. The van der Waals surface area contributed by atoms with Crippen LogP contribution in [0.25, 0.3) is 0 Å². The number of rotatable bonds is 6. The highest BCUT2D eigenvalue weighted by Gasteiger charge is 2.24. The molecule has 3 amide bonds. The third-order valence-electron chi connectivity index (χ3n) is 4.06. The Bertz CT molecular complexity index is 905. The summed E-state index contributed by atoms with van der Waals surface area (Å²) in [6, 6.07) is 10.1. The van der Waals surface area contributed by atoms with Crippen molar-refractivity contribution in [2.45, 2.75) is 52.3 Å². The molecule has 2 atom stereocenters. The molecule has 0 saturated carbocycles. The fraction of sp³-hybridized carbons (Fsp3) is 0.381. The van der Waals surface area contributed by atoms with Gasteiger partial charge in [-0.3, -0.25) is 19.7 Å². The van der Waals surface area contributed by atoms with Gasteiger partial charge < -0.3 is 15.4 Å². The van der Waals surface area contributed by atoms with Crippen LogP contribution in [0.2, 0.25) is 0 Å². The zero-order valence-corrected chi connectivity index (χ0v) is 19.2. The Morgan fingerprint density at radius 2 is 1.67 bits per heavy atom. The molecule has 0 radical (unpaired) electrons. The van der Waals surface area contributed by atoms with Crippen molar-refractivity contribution in [2.75, 3.05) is 5.43 Å². The summed E-state index contributed by atoms with van der Waals surface area (Å²) in [4.78, 5) is 37.2. The molecule has 0 spiro atoms. The minimum absolute atomic E-state index is 0.225. The van der Waals surface area contributed by atoms with Crippen molar-refractivity contribution in [1.82, 2.24) is 15.3 Å². The molecule has 1 heterocycles. The highest BCUT2D eigenvalue weighted by molar-refractivity contribution is 9.10. The summed E-state index contributed by atoms with van der Waals surface area (Å²) in [5.41, 5.74) is 3.13. The van der Waals surface area contributed by atoms with Crippen LogP contribution in [-0.4, -0.2) is 34.2 Å². The van der Waals surface area contributed by atoms with Crippen LogP contribution in [0.3, 0.4) is 0 Å². The number of hydrogen-bond donors (Lipinski definition) is 3. The lowest BCUT2D eigenvalue weighted by Crippen LogP contribution is -2.46. The maximum atomic E-state index is 12.8. The first-order chi connectivity index (χ1) is 14.0. The van der Waals surface area contributed by atoms with Crippen LogP contribution >= 0.6 is 15.9 Å². The van der Waals surface area contributed by atoms with Gasteiger partial charge in [0, 0.05) is 6.20 Å². The molecule has 0 fully saturated rings. The second-order valence-electron chi connectivity index (χ2n) is 7.83. The Balaban J connectivity index is 2.05. The molecule has 9 heteroatoms. The van der Waals surface area contributed by atoms with E-state index in [4.69, 9.17) is 4.74 Å². The molecule has 8 nitrogen and oxygen atoms in total. The van der Waals surface area contributed by atoms with Gasteiger partial charge in [-0.05, 0) is 62.2 Å². The minimum atomic E-state index is -0.875. The number of ether oxygens (including phenoxy) is 1. The van der Waals surface area contributed by atoms with E-state index in [1.807, 2.05) is 37.3 Å². The summed E-state index contributed by atoms with van der Waals surface area (Å²) < 4.78 is 6.99.